The van der Waals surface area contributed by atoms with Crippen molar-refractivity contribution in [3.05, 3.63) is 47.5 Å². The van der Waals surface area contributed by atoms with E-state index in [4.69, 9.17) is 5.73 Å². The lowest BCUT2D eigenvalue weighted by molar-refractivity contribution is -0.135. The monoisotopic (exact) mass is 474 g/mol. The number of phenols is 2. The van der Waals surface area contributed by atoms with E-state index in [9.17, 15) is 24.7 Å². The molecule has 33 heavy (non-hydrogen) atoms. The molecular formula is C23H30N4O5S. The molecule has 2 heterocycles. The van der Waals surface area contributed by atoms with Gasteiger partial charge in [0.1, 0.15) is 11.8 Å². The molecule has 0 bridgehead atoms. The molecule has 1 fully saturated rings. The number of aliphatic hydroxyl groups is 1. The lowest BCUT2D eigenvalue weighted by Crippen LogP contribution is -2.52. The van der Waals surface area contributed by atoms with Gasteiger partial charge in [-0.15, -0.1) is 4.31 Å². The first-order valence-corrected chi connectivity index (χ1v) is 12.1. The third-order valence-electron chi connectivity index (χ3n) is 6.25. The number of rotatable bonds is 6. The fourth-order valence-electron chi connectivity index (χ4n) is 4.26. The van der Waals surface area contributed by atoms with Crippen molar-refractivity contribution < 1.29 is 24.7 Å². The second-order valence-electron chi connectivity index (χ2n) is 8.69. The number of carbonyl (C=O) groups is 1. The Morgan fingerprint density at radius 1 is 1.15 bits per heavy atom. The van der Waals surface area contributed by atoms with Crippen molar-refractivity contribution in [3.63, 3.8) is 0 Å². The van der Waals surface area contributed by atoms with E-state index in [1.165, 1.54) is 25.1 Å². The number of nitrogens with zero attached hydrogens (tertiary/aromatic N) is 2. The third kappa shape index (κ3) is 5.20. The van der Waals surface area contributed by atoms with Gasteiger partial charge in [0.25, 0.3) is 0 Å². The molecule has 2 aromatic rings. The Labute approximate surface area is 196 Å². The topological polar surface area (TPSA) is 145 Å². The molecule has 9 nitrogen and oxygen atoms in total. The first-order valence-electron chi connectivity index (χ1n) is 11.0. The van der Waals surface area contributed by atoms with E-state index >= 15 is 0 Å². The summed E-state index contributed by atoms with van der Waals surface area (Å²) < 4.78 is 14.7. The molecule has 0 spiro atoms. The maximum atomic E-state index is 12.9. The number of amides is 1. The normalized spacial score (nSPS) is 19.7. The van der Waals surface area contributed by atoms with Crippen LogP contribution in [0.1, 0.15) is 30.9 Å². The molecule has 6 N–H and O–H groups in total. The van der Waals surface area contributed by atoms with Gasteiger partial charge in [0.2, 0.25) is 10.8 Å². The molecule has 178 valence electrons. The highest BCUT2D eigenvalue weighted by atomic mass is 32.2. The molecule has 0 aromatic heterocycles. The van der Waals surface area contributed by atoms with Gasteiger partial charge in [-0.25, -0.2) is 0 Å². The standard InChI is InChI=1S/C23H30N4O5S/c1-14(28)22(24)23(31)26-8-6-17(7-9-26)25-18-3-2-15-12-27(13-16(15)10-18)33(32)21-5-4-19(29)11-20(21)30/h2-5,10-11,14,17,22,25,28-30H,6-9,12-13,24H2,1H3/t14-,22+,33?/m1/s1. The molecule has 0 aliphatic carbocycles. The number of nitrogens with one attached hydrogen (secondary N) is 1. The van der Waals surface area contributed by atoms with Gasteiger partial charge in [0.15, 0.2) is 5.75 Å². The number of anilines is 1. The molecule has 1 amide bonds. The van der Waals surface area contributed by atoms with E-state index in [0.717, 1.165) is 29.7 Å². The smallest absolute Gasteiger partial charge is 0.242 e. The summed E-state index contributed by atoms with van der Waals surface area (Å²) in [7, 11) is 0. The molecule has 0 saturated carbocycles. The van der Waals surface area contributed by atoms with Gasteiger partial charge >= 0.3 is 0 Å². The Kier molecular flexibility index (Phi) is 7.01. The van der Waals surface area contributed by atoms with Crippen molar-refractivity contribution in [2.24, 2.45) is 5.73 Å². The fraction of sp³-hybridized carbons (Fsp3) is 0.435. The molecule has 2 aliphatic heterocycles. The average molecular weight is 475 g/mol. The number of phenolic OH excluding ortho intramolecular Hbond substituents is 2. The lowest BCUT2D eigenvalue weighted by Gasteiger charge is -2.34. The number of nitrogens with two attached hydrogens (primary N) is 1. The second-order valence-corrected chi connectivity index (χ2v) is 10.1. The molecule has 3 atom stereocenters. The van der Waals surface area contributed by atoms with Gasteiger partial charge in [-0.3, -0.25) is 4.79 Å². The van der Waals surface area contributed by atoms with Crippen LogP contribution >= 0.6 is 0 Å². The molecule has 4 rings (SSSR count). The number of hydrogen-bond acceptors (Lipinski definition) is 8. The first kappa shape index (κ1) is 23.7. The number of benzene rings is 2. The molecule has 1 saturated heterocycles. The zero-order valence-electron chi connectivity index (χ0n) is 18.5. The summed E-state index contributed by atoms with van der Waals surface area (Å²) >= 11 is -1.55. The van der Waals surface area contributed by atoms with Crippen LogP contribution in [-0.2, 0) is 29.2 Å². The zero-order valence-corrected chi connectivity index (χ0v) is 19.3. The third-order valence-corrected chi connectivity index (χ3v) is 7.70. The van der Waals surface area contributed by atoms with Gasteiger partial charge in [-0.1, -0.05) is 6.07 Å². The molecule has 2 aromatic carbocycles. The largest absolute Gasteiger partial charge is 0.593 e. The van der Waals surface area contributed by atoms with Gasteiger partial charge in [-0.2, -0.15) is 0 Å². The Morgan fingerprint density at radius 3 is 2.52 bits per heavy atom. The van der Waals surface area contributed by atoms with Crippen molar-refractivity contribution in [2.75, 3.05) is 18.4 Å². The SMILES string of the molecule is C[C@@H](O)[C@H](N)C(=O)N1CCC(Nc2ccc3c(c2)CN([S+]([O-])c2ccc(O)cc2O)C3)CC1. The quantitative estimate of drug-likeness (QED) is 0.393. The van der Waals surface area contributed by atoms with Gasteiger partial charge in [0, 0.05) is 37.0 Å². The summed E-state index contributed by atoms with van der Waals surface area (Å²) in [6.07, 6.45) is 0.698. The zero-order chi connectivity index (χ0) is 23.7. The number of likely N-dealkylation sites (tertiary alicyclic amines) is 1. The van der Waals surface area contributed by atoms with Crippen LogP contribution in [0.2, 0.25) is 0 Å². The van der Waals surface area contributed by atoms with E-state index in [1.54, 1.807) is 9.21 Å². The molecule has 2 aliphatic rings. The lowest BCUT2D eigenvalue weighted by atomic mass is 10.0. The summed E-state index contributed by atoms with van der Waals surface area (Å²) in [5.41, 5.74) is 8.90. The van der Waals surface area contributed by atoms with Gasteiger partial charge in [0.05, 0.1) is 30.6 Å². The van der Waals surface area contributed by atoms with Crippen LogP contribution in [-0.4, -0.2) is 66.3 Å². The summed E-state index contributed by atoms with van der Waals surface area (Å²) in [5.74, 6) is -0.478. The number of carbonyl (C=O) groups excluding carboxylic acids is 1. The van der Waals surface area contributed by atoms with E-state index in [0.29, 0.717) is 26.2 Å². The van der Waals surface area contributed by atoms with Crippen molar-refractivity contribution in [1.82, 2.24) is 9.21 Å². The average Bonchev–Trinajstić information content (AvgIpc) is 3.21. The fourth-order valence-corrected chi connectivity index (χ4v) is 5.47. The van der Waals surface area contributed by atoms with Crippen LogP contribution in [0.5, 0.6) is 11.5 Å². The van der Waals surface area contributed by atoms with Gasteiger partial charge in [-0.05, 0) is 49.1 Å². The molecule has 0 radical (unpaired) electrons. The Hall–Kier alpha value is -2.50. The van der Waals surface area contributed by atoms with E-state index < -0.39 is 23.5 Å². The summed E-state index contributed by atoms with van der Waals surface area (Å²) in [6.45, 7) is 3.69. The molecule has 1 unspecified atom stereocenters. The summed E-state index contributed by atoms with van der Waals surface area (Å²) in [5, 5.41) is 32.6. The van der Waals surface area contributed by atoms with Crippen LogP contribution in [0.4, 0.5) is 5.69 Å². The second kappa shape index (κ2) is 9.78. The first-order chi connectivity index (χ1) is 15.7. The number of aromatic hydroxyl groups is 2. The highest BCUT2D eigenvalue weighted by Gasteiger charge is 2.32. The highest BCUT2D eigenvalue weighted by Crippen LogP contribution is 2.35. The van der Waals surface area contributed by atoms with E-state index in [-0.39, 0.29) is 28.3 Å². The Morgan fingerprint density at radius 2 is 1.85 bits per heavy atom. The van der Waals surface area contributed by atoms with Crippen LogP contribution in [0, 0.1) is 0 Å². The predicted molar refractivity (Wildman–Crippen MR) is 125 cm³/mol. The number of fused-ring (bicyclic) bond motifs is 1. The summed E-state index contributed by atoms with van der Waals surface area (Å²) in [4.78, 5) is 14.3. The van der Waals surface area contributed by atoms with Crippen LogP contribution in [0.3, 0.4) is 0 Å². The maximum absolute atomic E-state index is 12.9. The molecular weight excluding hydrogens is 444 g/mol. The van der Waals surface area contributed by atoms with E-state index in [1.807, 2.05) is 12.1 Å². The maximum Gasteiger partial charge on any atom is 0.242 e. The minimum atomic E-state index is -1.55. The van der Waals surface area contributed by atoms with E-state index in [2.05, 4.69) is 11.4 Å². The van der Waals surface area contributed by atoms with Crippen molar-refractivity contribution >= 4 is 23.0 Å². The summed E-state index contributed by atoms with van der Waals surface area (Å²) in [6, 6.07) is 9.49. The van der Waals surface area contributed by atoms with Crippen LogP contribution in [0.15, 0.2) is 41.3 Å². The number of piperidine rings is 1. The predicted octanol–water partition coefficient (Wildman–Crippen LogP) is 1.25. The highest BCUT2D eigenvalue weighted by molar-refractivity contribution is 7.89. The van der Waals surface area contributed by atoms with Crippen molar-refractivity contribution in [2.45, 2.75) is 55.9 Å². The number of hydrogen-bond donors (Lipinski definition) is 5. The minimum absolute atomic E-state index is 0.0744. The van der Waals surface area contributed by atoms with Crippen molar-refractivity contribution in [1.29, 1.82) is 0 Å². The Bertz CT molecular complexity index is 1010. The van der Waals surface area contributed by atoms with Crippen LogP contribution in [0.25, 0.3) is 0 Å². The van der Waals surface area contributed by atoms with Crippen molar-refractivity contribution in [3.8, 4) is 11.5 Å². The van der Waals surface area contributed by atoms with Gasteiger partial charge < -0.3 is 35.8 Å². The minimum Gasteiger partial charge on any atom is -0.593 e. The molecule has 10 heteroatoms. The Balaban J connectivity index is 1.34. The number of aliphatic hydroxyl groups excluding tert-OH is 1. The van der Waals surface area contributed by atoms with Crippen LogP contribution < -0.4 is 11.1 Å².